The number of benzene rings is 7. The number of para-hydroxylation sites is 1. The third-order valence-corrected chi connectivity index (χ3v) is 14.9. The largest absolute Gasteiger partial charge is 0.458 e. The molecule has 73 heavy (non-hydrogen) atoms. The van der Waals surface area contributed by atoms with Crippen LogP contribution in [0.3, 0.4) is 0 Å². The molecule has 5 nitrogen and oxygen atoms in total. The zero-order valence-electron chi connectivity index (χ0n) is 45.1. The smallest absolute Gasteiger partial charge is 0.269 e. The molecule has 0 fully saturated rings. The molecule has 10 aromatic rings. The van der Waals surface area contributed by atoms with Crippen LogP contribution in [0.25, 0.3) is 50.1 Å². The third-order valence-electron chi connectivity index (χ3n) is 14.9. The zero-order valence-corrected chi connectivity index (χ0v) is 45.1. The molecule has 0 spiro atoms. The van der Waals surface area contributed by atoms with Gasteiger partial charge in [-0.25, -0.2) is 4.98 Å². The van der Waals surface area contributed by atoms with Gasteiger partial charge in [0.2, 0.25) is 0 Å². The fraction of sp³-hybridized carbons (Fsp3) is 0.265. The maximum absolute atomic E-state index is 7.19. The molecule has 0 aliphatic carbocycles. The van der Waals surface area contributed by atoms with E-state index in [0.717, 1.165) is 39.7 Å². The first-order valence-corrected chi connectivity index (χ1v) is 25.9. The highest BCUT2D eigenvalue weighted by atomic mass is 16.5. The quantitative estimate of drug-likeness (QED) is 0.101. The van der Waals surface area contributed by atoms with Crippen LogP contribution in [-0.2, 0) is 27.1 Å². The van der Waals surface area contributed by atoms with Crippen molar-refractivity contribution in [1.82, 2.24) is 14.1 Å². The Morgan fingerprint density at radius 3 is 1.74 bits per heavy atom. The normalized spacial score (nSPS) is 12.7. The van der Waals surface area contributed by atoms with E-state index in [1.807, 2.05) is 6.20 Å². The molecule has 0 aliphatic heterocycles. The number of rotatable bonds is 10. The summed E-state index contributed by atoms with van der Waals surface area (Å²) in [4.78, 5) is 5.05. The summed E-state index contributed by atoms with van der Waals surface area (Å²) in [6.07, 6.45) is 5.92. The van der Waals surface area contributed by atoms with E-state index in [1.165, 1.54) is 61.1 Å². The van der Waals surface area contributed by atoms with Gasteiger partial charge in [0, 0.05) is 33.9 Å². The Morgan fingerprint density at radius 2 is 1.10 bits per heavy atom. The van der Waals surface area contributed by atoms with E-state index in [0.29, 0.717) is 0 Å². The van der Waals surface area contributed by atoms with Gasteiger partial charge in [-0.1, -0.05) is 211 Å². The summed E-state index contributed by atoms with van der Waals surface area (Å²) in [6.45, 7) is 30.0. The van der Waals surface area contributed by atoms with Gasteiger partial charge < -0.3 is 4.74 Å². The molecule has 0 saturated heterocycles. The number of ether oxygens (including phenoxy) is 1. The van der Waals surface area contributed by atoms with Crippen molar-refractivity contribution in [3.05, 3.63) is 234 Å². The lowest BCUT2D eigenvalue weighted by Crippen LogP contribution is -2.41. The van der Waals surface area contributed by atoms with E-state index in [1.54, 1.807) is 0 Å². The summed E-state index contributed by atoms with van der Waals surface area (Å²) in [7, 11) is 0. The van der Waals surface area contributed by atoms with Gasteiger partial charge >= 0.3 is 0 Å². The predicted molar refractivity (Wildman–Crippen MR) is 303 cm³/mol. The predicted octanol–water partition coefficient (Wildman–Crippen LogP) is 17.0. The summed E-state index contributed by atoms with van der Waals surface area (Å²) >= 11 is 0. The second-order valence-corrected chi connectivity index (χ2v) is 24.1. The van der Waals surface area contributed by atoms with Crippen molar-refractivity contribution in [1.29, 1.82) is 0 Å². The Balaban J connectivity index is 1.17. The summed E-state index contributed by atoms with van der Waals surface area (Å²) in [6, 6.07) is 65.6. The van der Waals surface area contributed by atoms with E-state index >= 15 is 0 Å². The van der Waals surface area contributed by atoms with Crippen molar-refractivity contribution < 1.29 is 9.30 Å². The monoisotopic (exact) mass is 959 g/mol. The highest BCUT2D eigenvalue weighted by Gasteiger charge is 2.35. The number of fused-ring (bicyclic) bond motifs is 3. The summed E-state index contributed by atoms with van der Waals surface area (Å²) in [5.41, 5.74) is 13.8. The van der Waals surface area contributed by atoms with Crippen molar-refractivity contribution >= 4 is 21.8 Å². The highest BCUT2D eigenvalue weighted by molar-refractivity contribution is 6.11. The van der Waals surface area contributed by atoms with Gasteiger partial charge in [-0.3, -0.25) is 13.7 Å². The molecule has 0 radical (unpaired) electrons. The Morgan fingerprint density at radius 1 is 0.466 bits per heavy atom. The van der Waals surface area contributed by atoms with Crippen LogP contribution in [0, 0.1) is 6.33 Å². The first kappa shape index (κ1) is 49.1. The lowest BCUT2D eigenvalue weighted by atomic mass is 9.76. The van der Waals surface area contributed by atoms with Gasteiger partial charge in [-0.2, -0.15) is 0 Å². The Kier molecular flexibility index (Phi) is 12.2. The minimum absolute atomic E-state index is 0.0540. The van der Waals surface area contributed by atoms with Crippen molar-refractivity contribution in [2.24, 2.45) is 0 Å². The van der Waals surface area contributed by atoms with Crippen molar-refractivity contribution in [3.8, 4) is 39.8 Å². The molecule has 0 aliphatic rings. The average Bonchev–Trinajstić information content (AvgIpc) is 3.95. The lowest BCUT2D eigenvalue weighted by Gasteiger charge is -2.31. The fourth-order valence-corrected chi connectivity index (χ4v) is 10.8. The highest BCUT2D eigenvalue weighted by Crippen LogP contribution is 2.45. The number of nitrogens with zero attached hydrogens (tertiary/aromatic N) is 4. The third kappa shape index (κ3) is 9.20. The van der Waals surface area contributed by atoms with E-state index in [4.69, 9.17) is 9.72 Å². The average molecular weight is 959 g/mol. The molecule has 5 heteroatoms. The zero-order chi connectivity index (χ0) is 51.7. The van der Waals surface area contributed by atoms with Gasteiger partial charge in [0.15, 0.2) is 0 Å². The van der Waals surface area contributed by atoms with Crippen LogP contribution in [0.1, 0.15) is 129 Å². The SMILES string of the molecule is CC(C)(C)c1ccnc(-n2c3ccccc3c3c(C(C)(C)c4ccccc4)cc(Oc4cccc(-n5[c-][n+](-c6cc(-c7ccccc7)cc(C(C)(C)c7ccccc7)c6)c(C(C)(C)C)c5C(C)(C)C)c4)cc32)c1. The van der Waals surface area contributed by atoms with Crippen molar-refractivity contribution in [2.45, 2.75) is 117 Å². The first-order chi connectivity index (χ1) is 34.6. The maximum atomic E-state index is 7.19. The summed E-state index contributed by atoms with van der Waals surface area (Å²) in [5, 5.41) is 2.37. The lowest BCUT2D eigenvalue weighted by molar-refractivity contribution is -0.611. The van der Waals surface area contributed by atoms with Crippen molar-refractivity contribution in [3.63, 3.8) is 0 Å². The Hall–Kier alpha value is -7.50. The fourth-order valence-electron chi connectivity index (χ4n) is 10.8. The van der Waals surface area contributed by atoms with Crippen LogP contribution in [0.5, 0.6) is 11.5 Å². The van der Waals surface area contributed by atoms with E-state index < -0.39 is 0 Å². The molecule has 10 rings (SSSR count). The molecule has 0 atom stereocenters. The number of imidazole rings is 1. The van der Waals surface area contributed by atoms with Gasteiger partial charge in [0.25, 0.3) is 6.33 Å². The number of aromatic nitrogens is 4. The molecule has 0 saturated carbocycles. The van der Waals surface area contributed by atoms with Gasteiger partial charge in [0.1, 0.15) is 17.3 Å². The van der Waals surface area contributed by atoms with Crippen LogP contribution in [0.15, 0.2) is 188 Å². The molecule has 368 valence electrons. The van der Waals surface area contributed by atoms with E-state index in [2.05, 4.69) is 292 Å². The number of pyridine rings is 1. The first-order valence-electron chi connectivity index (χ1n) is 25.9. The second kappa shape index (κ2) is 18.2. The Labute approximate surface area is 433 Å². The number of hydrogen-bond donors (Lipinski definition) is 0. The van der Waals surface area contributed by atoms with Crippen LogP contribution >= 0.6 is 0 Å². The molecule has 0 N–H and O–H groups in total. The Bertz CT molecular complexity index is 3630. The second-order valence-electron chi connectivity index (χ2n) is 24.1. The molecular formula is C68H70N4O. The molecule has 0 bridgehead atoms. The summed E-state index contributed by atoms with van der Waals surface area (Å²) < 4.78 is 14.1. The minimum Gasteiger partial charge on any atom is -0.458 e. The molecule has 0 unspecified atom stereocenters. The minimum atomic E-state index is -0.386. The van der Waals surface area contributed by atoms with E-state index in [9.17, 15) is 0 Å². The van der Waals surface area contributed by atoms with Crippen LogP contribution in [0.4, 0.5) is 0 Å². The van der Waals surface area contributed by atoms with Crippen LogP contribution < -0.4 is 9.30 Å². The van der Waals surface area contributed by atoms with Crippen molar-refractivity contribution in [2.75, 3.05) is 0 Å². The topological polar surface area (TPSA) is 35.9 Å². The molecule has 7 aromatic carbocycles. The molecule has 0 amide bonds. The standard InChI is InChI=1S/C68H70N4O/c1-64(2,3)50-36-37-69-60(41-50)72-58-35-24-23-34-56(58)61-57(68(12,13)49-30-21-16-22-31-49)43-55(44-59(61)72)73-54-33-25-32-52(42-54)70-45-71(63(66(7,8)9)62(70)65(4,5)6)53-39-47(46-26-17-14-18-27-46)38-51(40-53)67(10,11)48-28-19-15-20-29-48/h14-44H,1-13H3. The van der Waals surface area contributed by atoms with Crippen LogP contribution in [-0.4, -0.2) is 14.1 Å². The molecule has 3 heterocycles. The summed E-state index contributed by atoms with van der Waals surface area (Å²) in [5.74, 6) is 2.37. The molecule has 3 aromatic heterocycles. The van der Waals surface area contributed by atoms with Gasteiger partial charge in [0.05, 0.1) is 33.8 Å². The molecular weight excluding hydrogens is 889 g/mol. The number of hydrogen-bond acceptors (Lipinski definition) is 2. The van der Waals surface area contributed by atoms with Crippen LogP contribution in [0.2, 0.25) is 0 Å². The van der Waals surface area contributed by atoms with Gasteiger partial charge in [-0.15, -0.1) is 0 Å². The van der Waals surface area contributed by atoms with E-state index in [-0.39, 0.29) is 27.1 Å². The maximum Gasteiger partial charge on any atom is 0.269 e. The van der Waals surface area contributed by atoms with Gasteiger partial charge in [-0.05, 0) is 110 Å².